The fraction of sp³-hybridized carbons (Fsp3) is 1.00. The van der Waals surface area contributed by atoms with Crippen molar-refractivity contribution in [3.05, 3.63) is 0 Å². The van der Waals surface area contributed by atoms with E-state index in [9.17, 15) is 0 Å². The summed E-state index contributed by atoms with van der Waals surface area (Å²) in [6.45, 7) is 4.37. The third-order valence-electron chi connectivity index (χ3n) is 3.86. The van der Waals surface area contributed by atoms with Crippen LogP contribution in [0.15, 0.2) is 0 Å². The molecule has 0 aromatic heterocycles. The predicted molar refractivity (Wildman–Crippen MR) is 72.9 cm³/mol. The highest BCUT2D eigenvalue weighted by Crippen LogP contribution is 2.24. The summed E-state index contributed by atoms with van der Waals surface area (Å²) in [6.07, 6.45) is 0. The molecule has 0 aromatic carbocycles. The first-order valence-electron chi connectivity index (χ1n) is 6.29. The molecule has 5 nitrogen and oxygen atoms in total. The molecule has 1 aliphatic heterocycles. The zero-order valence-electron chi connectivity index (χ0n) is 12.6. The number of nitrogens with zero attached hydrogens (tertiary/aromatic N) is 5. The second kappa shape index (κ2) is 5.63. The molecule has 1 saturated heterocycles. The van der Waals surface area contributed by atoms with Gasteiger partial charge in [0.25, 0.3) is 0 Å². The van der Waals surface area contributed by atoms with Gasteiger partial charge < -0.3 is 4.90 Å². The van der Waals surface area contributed by atoms with Crippen molar-refractivity contribution in [2.24, 2.45) is 0 Å². The monoisotopic (exact) mass is 243 g/mol. The van der Waals surface area contributed by atoms with Gasteiger partial charge >= 0.3 is 0 Å². The first-order valence-corrected chi connectivity index (χ1v) is 6.29. The first kappa shape index (κ1) is 14.9. The van der Waals surface area contributed by atoms with Crippen molar-refractivity contribution in [3.63, 3.8) is 0 Å². The highest BCUT2D eigenvalue weighted by molar-refractivity contribution is 4.85. The molecule has 0 saturated carbocycles. The van der Waals surface area contributed by atoms with E-state index < -0.39 is 0 Å². The lowest BCUT2D eigenvalue weighted by atomic mass is 10.3. The molecule has 0 unspecified atom stereocenters. The molecular formula is C12H29N5. The summed E-state index contributed by atoms with van der Waals surface area (Å²) in [7, 11) is 15.2. The summed E-state index contributed by atoms with van der Waals surface area (Å²) < 4.78 is 0. The van der Waals surface area contributed by atoms with Gasteiger partial charge in [-0.3, -0.25) is 19.6 Å². The van der Waals surface area contributed by atoms with Crippen LogP contribution in [-0.2, 0) is 0 Å². The SMILES string of the molecule is CN1CCN(C)C(N(C)C)(N(C)C)N(C)CC1. The molecule has 1 heterocycles. The van der Waals surface area contributed by atoms with E-state index in [-0.39, 0.29) is 5.91 Å². The van der Waals surface area contributed by atoms with E-state index in [0.717, 1.165) is 26.2 Å². The van der Waals surface area contributed by atoms with Crippen LogP contribution < -0.4 is 0 Å². The lowest BCUT2D eigenvalue weighted by Crippen LogP contribution is -2.75. The van der Waals surface area contributed by atoms with Crippen LogP contribution in [0.2, 0.25) is 0 Å². The topological polar surface area (TPSA) is 16.2 Å². The molecule has 0 atom stereocenters. The zero-order valence-corrected chi connectivity index (χ0v) is 12.6. The molecule has 17 heavy (non-hydrogen) atoms. The van der Waals surface area contributed by atoms with E-state index in [4.69, 9.17) is 0 Å². The first-order chi connectivity index (χ1) is 7.83. The van der Waals surface area contributed by atoms with Crippen LogP contribution in [-0.4, -0.2) is 106 Å². The van der Waals surface area contributed by atoms with E-state index in [1.54, 1.807) is 0 Å². The van der Waals surface area contributed by atoms with Crippen LogP contribution in [0.25, 0.3) is 0 Å². The molecule has 0 aliphatic carbocycles. The third-order valence-corrected chi connectivity index (χ3v) is 3.86. The minimum Gasteiger partial charge on any atom is -0.304 e. The van der Waals surface area contributed by atoms with Gasteiger partial charge in [-0.25, -0.2) is 0 Å². The Hall–Kier alpha value is -0.200. The number of likely N-dealkylation sites (N-methyl/N-ethyl adjacent to an activating group) is 3. The van der Waals surface area contributed by atoms with E-state index in [1.807, 2.05) is 0 Å². The Morgan fingerprint density at radius 2 is 1.06 bits per heavy atom. The van der Waals surface area contributed by atoms with Crippen LogP contribution in [0.5, 0.6) is 0 Å². The van der Waals surface area contributed by atoms with Gasteiger partial charge in [0, 0.05) is 26.2 Å². The second-order valence-electron chi connectivity index (χ2n) is 5.54. The summed E-state index contributed by atoms with van der Waals surface area (Å²) in [5.41, 5.74) is 0. The molecule has 0 bridgehead atoms. The minimum atomic E-state index is -0.138. The molecule has 1 aliphatic rings. The van der Waals surface area contributed by atoms with Gasteiger partial charge in [-0.15, -0.1) is 0 Å². The predicted octanol–water partition coefficient (Wildman–Crippen LogP) is -0.470. The maximum atomic E-state index is 2.42. The minimum absolute atomic E-state index is 0.138. The normalized spacial score (nSPS) is 25.2. The summed E-state index contributed by atoms with van der Waals surface area (Å²) in [6, 6.07) is 0. The molecule has 102 valence electrons. The van der Waals surface area contributed by atoms with Gasteiger partial charge in [0.05, 0.1) is 0 Å². The Balaban J connectivity index is 3.04. The highest BCUT2D eigenvalue weighted by Gasteiger charge is 2.44. The average molecular weight is 243 g/mol. The van der Waals surface area contributed by atoms with Gasteiger partial charge in [0.15, 0.2) is 5.91 Å². The highest BCUT2D eigenvalue weighted by atomic mass is 15.7. The van der Waals surface area contributed by atoms with Gasteiger partial charge in [-0.1, -0.05) is 0 Å². The maximum Gasteiger partial charge on any atom is 0.190 e. The third kappa shape index (κ3) is 2.63. The molecule has 1 fully saturated rings. The Morgan fingerprint density at radius 3 is 1.35 bits per heavy atom. The Kier molecular flexibility index (Phi) is 4.92. The van der Waals surface area contributed by atoms with E-state index in [0.29, 0.717) is 0 Å². The van der Waals surface area contributed by atoms with Crippen molar-refractivity contribution in [1.29, 1.82) is 0 Å². The smallest absolute Gasteiger partial charge is 0.190 e. The van der Waals surface area contributed by atoms with Crippen molar-refractivity contribution < 1.29 is 0 Å². The van der Waals surface area contributed by atoms with Gasteiger partial charge in [-0.2, -0.15) is 0 Å². The fourth-order valence-corrected chi connectivity index (χ4v) is 3.11. The van der Waals surface area contributed by atoms with Crippen molar-refractivity contribution in [3.8, 4) is 0 Å². The largest absolute Gasteiger partial charge is 0.304 e. The Bertz CT molecular complexity index is 217. The quantitative estimate of drug-likeness (QED) is 0.608. The second-order valence-corrected chi connectivity index (χ2v) is 5.54. The fourth-order valence-electron chi connectivity index (χ4n) is 3.11. The van der Waals surface area contributed by atoms with E-state index >= 15 is 0 Å². The van der Waals surface area contributed by atoms with E-state index in [1.165, 1.54) is 0 Å². The van der Waals surface area contributed by atoms with E-state index in [2.05, 4.69) is 73.8 Å². The molecular weight excluding hydrogens is 214 g/mol. The molecule has 0 amide bonds. The van der Waals surface area contributed by atoms with Gasteiger partial charge in [-0.05, 0) is 49.3 Å². The molecule has 0 N–H and O–H groups in total. The zero-order chi connectivity index (χ0) is 13.2. The van der Waals surface area contributed by atoms with Crippen LogP contribution in [0, 0.1) is 0 Å². The van der Waals surface area contributed by atoms with Crippen LogP contribution in [0.3, 0.4) is 0 Å². The molecule has 5 heteroatoms. The molecule has 1 rings (SSSR count). The lowest BCUT2D eigenvalue weighted by molar-refractivity contribution is -0.223. The van der Waals surface area contributed by atoms with Gasteiger partial charge in [0.2, 0.25) is 0 Å². The Morgan fingerprint density at radius 1 is 0.706 bits per heavy atom. The van der Waals surface area contributed by atoms with Gasteiger partial charge in [0.1, 0.15) is 0 Å². The number of hydrogen-bond donors (Lipinski definition) is 0. The maximum absolute atomic E-state index is 2.42. The van der Waals surface area contributed by atoms with Crippen molar-refractivity contribution in [1.82, 2.24) is 24.5 Å². The Labute approximate surface area is 107 Å². The molecule has 0 spiro atoms. The van der Waals surface area contributed by atoms with Crippen molar-refractivity contribution >= 4 is 0 Å². The van der Waals surface area contributed by atoms with Crippen molar-refractivity contribution in [2.45, 2.75) is 5.91 Å². The summed E-state index contributed by atoms with van der Waals surface area (Å²) >= 11 is 0. The summed E-state index contributed by atoms with van der Waals surface area (Å²) in [5.74, 6) is -0.138. The molecule has 0 radical (unpaired) electrons. The standard InChI is InChI=1S/C12H29N5/c1-13(2)12(14(3)4)16(6)10-8-15(5)9-11-17(12)7/h8-11H2,1-7H3. The number of rotatable bonds is 2. The molecule has 0 aromatic rings. The van der Waals surface area contributed by atoms with Crippen molar-refractivity contribution in [2.75, 3.05) is 75.5 Å². The summed E-state index contributed by atoms with van der Waals surface area (Å²) in [4.78, 5) is 11.8. The lowest BCUT2D eigenvalue weighted by Gasteiger charge is -2.56. The average Bonchev–Trinajstić information content (AvgIpc) is 2.21. The number of hydrogen-bond acceptors (Lipinski definition) is 5. The summed E-state index contributed by atoms with van der Waals surface area (Å²) in [5, 5.41) is 0. The van der Waals surface area contributed by atoms with Crippen LogP contribution in [0.4, 0.5) is 0 Å². The van der Waals surface area contributed by atoms with Crippen LogP contribution in [0.1, 0.15) is 0 Å². The van der Waals surface area contributed by atoms with Crippen LogP contribution >= 0.6 is 0 Å².